The molecule has 0 aromatic carbocycles. The number of carbonyl (C=O) groups is 2. The first kappa shape index (κ1) is 10.9. The van der Waals surface area contributed by atoms with Gasteiger partial charge in [-0.05, 0) is 17.7 Å². The van der Waals surface area contributed by atoms with Crippen LogP contribution in [0.4, 0.5) is 0 Å². The maximum atomic E-state index is 10.4. The average Bonchev–Trinajstić information content (AvgIpc) is 2.16. The average molecular weight is 206 g/mol. The van der Waals surface area contributed by atoms with Gasteiger partial charge in [-0.3, -0.25) is 14.6 Å². The Bertz CT molecular complexity index is 396. The smallest absolute Gasteiger partial charge is 0.309 e. The van der Waals surface area contributed by atoms with Gasteiger partial charge in [-0.1, -0.05) is 6.07 Å². The van der Waals surface area contributed by atoms with E-state index in [0.29, 0.717) is 11.3 Å². The molecule has 0 aliphatic heterocycles. The molecule has 0 atom stereocenters. The third-order valence-electron chi connectivity index (χ3n) is 1.62. The first-order chi connectivity index (χ1) is 7.08. The number of pyridine rings is 1. The molecule has 0 spiro atoms. The predicted molar refractivity (Wildman–Crippen MR) is 53.8 cm³/mol. The van der Waals surface area contributed by atoms with Gasteiger partial charge in [-0.2, -0.15) is 0 Å². The van der Waals surface area contributed by atoms with Crippen molar-refractivity contribution >= 4 is 18.0 Å². The zero-order valence-electron chi connectivity index (χ0n) is 7.88. The minimum Gasteiger partial charge on any atom is -0.481 e. The Morgan fingerprint density at radius 2 is 2.20 bits per heavy atom. The lowest BCUT2D eigenvalue weighted by molar-refractivity contribution is -0.136. The van der Waals surface area contributed by atoms with Gasteiger partial charge in [0.1, 0.15) is 0 Å². The molecule has 1 aromatic heterocycles. The lowest BCUT2D eigenvalue weighted by Crippen LogP contribution is -2.05. The highest BCUT2D eigenvalue weighted by atomic mass is 16.4. The van der Waals surface area contributed by atoms with E-state index in [1.54, 1.807) is 12.1 Å². The summed E-state index contributed by atoms with van der Waals surface area (Å²) in [5.74, 6) is -1.47. The van der Waals surface area contributed by atoms with E-state index in [4.69, 9.17) is 10.8 Å². The van der Waals surface area contributed by atoms with Crippen molar-refractivity contribution in [1.82, 2.24) is 4.98 Å². The van der Waals surface area contributed by atoms with Crippen molar-refractivity contribution in [3.63, 3.8) is 0 Å². The normalized spacial score (nSPS) is 10.4. The molecule has 1 amide bonds. The number of carboxylic acids is 1. The Labute approximate surface area is 86.2 Å². The molecule has 78 valence electrons. The molecule has 1 aromatic rings. The summed E-state index contributed by atoms with van der Waals surface area (Å²) in [6.07, 6.45) is 4.10. The fourth-order valence-corrected chi connectivity index (χ4v) is 0.972. The predicted octanol–water partition coefficient (Wildman–Crippen LogP) is 0.207. The second-order valence-corrected chi connectivity index (χ2v) is 2.89. The molecule has 1 heterocycles. The largest absolute Gasteiger partial charge is 0.481 e. The van der Waals surface area contributed by atoms with Gasteiger partial charge in [0.15, 0.2) is 0 Å². The number of carboxylic acid groups (broad SMARTS) is 1. The molecule has 0 radical (unpaired) electrons. The van der Waals surface area contributed by atoms with E-state index in [-0.39, 0.29) is 6.42 Å². The van der Waals surface area contributed by atoms with Gasteiger partial charge in [0.2, 0.25) is 5.91 Å². The van der Waals surface area contributed by atoms with Crippen molar-refractivity contribution in [2.45, 2.75) is 6.42 Å². The van der Waals surface area contributed by atoms with Crippen molar-refractivity contribution < 1.29 is 14.7 Å². The first-order valence-electron chi connectivity index (χ1n) is 4.22. The van der Waals surface area contributed by atoms with Gasteiger partial charge in [0, 0.05) is 12.3 Å². The van der Waals surface area contributed by atoms with Crippen LogP contribution in [0.25, 0.3) is 6.08 Å². The lowest BCUT2D eigenvalue weighted by Gasteiger charge is -1.96. The Kier molecular flexibility index (Phi) is 3.56. The fraction of sp³-hybridized carbons (Fsp3) is 0.100. The van der Waals surface area contributed by atoms with E-state index in [2.05, 4.69) is 4.98 Å². The SMILES string of the molecule is NC(=O)C=Cc1ccc(CC(=O)O)nc1. The molecular formula is C10H10N2O3. The van der Waals surface area contributed by atoms with Crippen LogP contribution >= 0.6 is 0 Å². The molecule has 15 heavy (non-hydrogen) atoms. The standard InChI is InChI=1S/C10H10N2O3/c11-9(13)4-2-7-1-3-8(12-6-7)5-10(14)15/h1-4,6H,5H2,(H2,11,13)(H,14,15). The van der Waals surface area contributed by atoms with Crippen molar-refractivity contribution in [3.05, 3.63) is 35.7 Å². The number of hydrogen-bond acceptors (Lipinski definition) is 3. The van der Waals surface area contributed by atoms with Crippen molar-refractivity contribution in [1.29, 1.82) is 0 Å². The molecule has 0 aliphatic carbocycles. The molecule has 5 heteroatoms. The Morgan fingerprint density at radius 3 is 2.67 bits per heavy atom. The Morgan fingerprint density at radius 1 is 1.47 bits per heavy atom. The maximum Gasteiger partial charge on any atom is 0.309 e. The van der Waals surface area contributed by atoms with E-state index in [0.717, 1.165) is 0 Å². The number of carbonyl (C=O) groups excluding carboxylic acids is 1. The fourth-order valence-electron chi connectivity index (χ4n) is 0.972. The summed E-state index contributed by atoms with van der Waals surface area (Å²) in [5.41, 5.74) is 6.08. The van der Waals surface area contributed by atoms with Crippen LogP contribution in [0.1, 0.15) is 11.3 Å². The highest BCUT2D eigenvalue weighted by Gasteiger charge is 2.00. The number of rotatable bonds is 4. The van der Waals surface area contributed by atoms with Crippen LogP contribution in [0.2, 0.25) is 0 Å². The van der Waals surface area contributed by atoms with E-state index in [9.17, 15) is 9.59 Å². The third kappa shape index (κ3) is 4.04. The van der Waals surface area contributed by atoms with Crippen LogP contribution in [-0.2, 0) is 16.0 Å². The minimum absolute atomic E-state index is 0.111. The lowest BCUT2D eigenvalue weighted by atomic mass is 10.2. The zero-order valence-corrected chi connectivity index (χ0v) is 7.88. The molecule has 0 unspecified atom stereocenters. The van der Waals surface area contributed by atoms with E-state index >= 15 is 0 Å². The number of aromatic nitrogens is 1. The monoisotopic (exact) mass is 206 g/mol. The minimum atomic E-state index is -0.928. The van der Waals surface area contributed by atoms with E-state index in [1.165, 1.54) is 18.3 Å². The number of nitrogens with two attached hydrogens (primary N) is 1. The van der Waals surface area contributed by atoms with Gasteiger partial charge < -0.3 is 10.8 Å². The van der Waals surface area contributed by atoms with Gasteiger partial charge in [0.05, 0.1) is 12.1 Å². The maximum absolute atomic E-state index is 10.4. The van der Waals surface area contributed by atoms with Crippen molar-refractivity contribution in [3.8, 4) is 0 Å². The van der Waals surface area contributed by atoms with Crippen LogP contribution in [-0.4, -0.2) is 22.0 Å². The molecule has 0 aliphatic rings. The summed E-state index contributed by atoms with van der Waals surface area (Å²) in [6.45, 7) is 0. The van der Waals surface area contributed by atoms with Gasteiger partial charge in [0.25, 0.3) is 0 Å². The number of nitrogens with zero attached hydrogens (tertiary/aromatic N) is 1. The first-order valence-corrected chi connectivity index (χ1v) is 4.22. The van der Waals surface area contributed by atoms with Crippen molar-refractivity contribution in [2.24, 2.45) is 5.73 Å². The zero-order chi connectivity index (χ0) is 11.3. The molecule has 0 bridgehead atoms. The highest BCUT2D eigenvalue weighted by Crippen LogP contribution is 2.03. The van der Waals surface area contributed by atoms with E-state index < -0.39 is 11.9 Å². The summed E-state index contributed by atoms with van der Waals surface area (Å²) in [7, 11) is 0. The number of aliphatic carboxylic acids is 1. The molecule has 5 nitrogen and oxygen atoms in total. The quantitative estimate of drug-likeness (QED) is 0.688. The van der Waals surface area contributed by atoms with Gasteiger partial charge in [-0.15, -0.1) is 0 Å². The summed E-state index contributed by atoms with van der Waals surface area (Å²) in [4.78, 5) is 24.7. The van der Waals surface area contributed by atoms with Gasteiger partial charge in [-0.25, -0.2) is 0 Å². The van der Waals surface area contributed by atoms with Crippen LogP contribution in [0.5, 0.6) is 0 Å². The third-order valence-corrected chi connectivity index (χ3v) is 1.62. The number of primary amides is 1. The van der Waals surface area contributed by atoms with Crippen LogP contribution in [0, 0.1) is 0 Å². The number of amides is 1. The second kappa shape index (κ2) is 4.90. The van der Waals surface area contributed by atoms with Crippen LogP contribution in [0.15, 0.2) is 24.4 Å². The molecule has 0 fully saturated rings. The van der Waals surface area contributed by atoms with Crippen LogP contribution < -0.4 is 5.73 Å². The Balaban J connectivity index is 2.72. The van der Waals surface area contributed by atoms with Crippen LogP contribution in [0.3, 0.4) is 0 Å². The molecule has 3 N–H and O–H groups in total. The second-order valence-electron chi connectivity index (χ2n) is 2.89. The van der Waals surface area contributed by atoms with Gasteiger partial charge >= 0.3 is 5.97 Å². The molecule has 1 rings (SSSR count). The highest BCUT2D eigenvalue weighted by molar-refractivity contribution is 5.90. The summed E-state index contributed by atoms with van der Waals surface area (Å²) in [6, 6.07) is 3.26. The summed E-state index contributed by atoms with van der Waals surface area (Å²) < 4.78 is 0. The molecule has 0 saturated carbocycles. The number of hydrogen-bond donors (Lipinski definition) is 2. The topological polar surface area (TPSA) is 93.3 Å². The molecular weight excluding hydrogens is 196 g/mol. The summed E-state index contributed by atoms with van der Waals surface area (Å²) in [5, 5.41) is 8.50. The Hall–Kier alpha value is -2.17. The van der Waals surface area contributed by atoms with E-state index in [1.807, 2.05) is 0 Å². The van der Waals surface area contributed by atoms with Crippen molar-refractivity contribution in [2.75, 3.05) is 0 Å². The molecule has 0 saturated heterocycles. The summed E-state index contributed by atoms with van der Waals surface area (Å²) >= 11 is 0.